The molecule has 1 atom stereocenters. The summed E-state index contributed by atoms with van der Waals surface area (Å²) in [6, 6.07) is 16.5. The van der Waals surface area contributed by atoms with Crippen molar-refractivity contribution in [1.82, 2.24) is 10.2 Å². The Labute approximate surface area is 158 Å². The molecule has 0 fully saturated rings. The molecule has 4 rings (SSSR count). The summed E-state index contributed by atoms with van der Waals surface area (Å²) in [5.41, 5.74) is 4.85. The molecule has 138 valence electrons. The molecule has 1 aliphatic heterocycles. The summed E-state index contributed by atoms with van der Waals surface area (Å²) < 4.78 is 0. The van der Waals surface area contributed by atoms with Gasteiger partial charge in [-0.15, -0.1) is 0 Å². The van der Waals surface area contributed by atoms with Gasteiger partial charge in [0, 0.05) is 6.54 Å². The molecule has 5 nitrogen and oxygen atoms in total. The van der Waals surface area contributed by atoms with Gasteiger partial charge < -0.3 is 15.3 Å². The summed E-state index contributed by atoms with van der Waals surface area (Å²) in [4.78, 5) is 26.0. The number of nitrogens with zero attached hydrogens (tertiary/aromatic N) is 1. The van der Waals surface area contributed by atoms with Crippen LogP contribution in [0, 0.1) is 0 Å². The van der Waals surface area contributed by atoms with E-state index in [0.29, 0.717) is 6.54 Å². The Morgan fingerprint density at radius 3 is 2.67 bits per heavy atom. The van der Waals surface area contributed by atoms with Crippen LogP contribution in [0.15, 0.2) is 59.9 Å². The molecule has 2 aromatic rings. The van der Waals surface area contributed by atoms with Gasteiger partial charge in [-0.3, -0.25) is 9.59 Å². The van der Waals surface area contributed by atoms with Crippen LogP contribution < -0.4 is 5.32 Å². The third-order valence-corrected chi connectivity index (χ3v) is 5.41. The van der Waals surface area contributed by atoms with Gasteiger partial charge in [0.2, 0.25) is 0 Å². The average molecular weight is 362 g/mol. The fourth-order valence-corrected chi connectivity index (χ4v) is 3.87. The molecule has 2 aliphatic rings. The van der Waals surface area contributed by atoms with Crippen molar-refractivity contribution in [2.24, 2.45) is 0 Å². The maximum Gasteiger partial charge on any atom is 0.289 e. The molecule has 1 unspecified atom stereocenters. The number of fused-ring (bicyclic) bond motifs is 1. The van der Waals surface area contributed by atoms with Gasteiger partial charge in [-0.05, 0) is 42.0 Å². The highest BCUT2D eigenvalue weighted by atomic mass is 16.3. The molecule has 0 saturated carbocycles. The first kappa shape index (κ1) is 17.3. The molecular formula is C22H22N2O3. The van der Waals surface area contributed by atoms with Crippen LogP contribution in [0.1, 0.15) is 30.5 Å². The second kappa shape index (κ2) is 6.91. The van der Waals surface area contributed by atoms with Crippen LogP contribution >= 0.6 is 0 Å². The molecule has 27 heavy (non-hydrogen) atoms. The van der Waals surface area contributed by atoms with Gasteiger partial charge in [-0.2, -0.15) is 0 Å². The smallest absolute Gasteiger partial charge is 0.289 e. The zero-order valence-corrected chi connectivity index (χ0v) is 15.2. The second-order valence-electron chi connectivity index (χ2n) is 6.99. The quantitative estimate of drug-likeness (QED) is 0.878. The van der Waals surface area contributed by atoms with Crippen LogP contribution in [0.4, 0.5) is 0 Å². The van der Waals surface area contributed by atoms with E-state index in [9.17, 15) is 14.7 Å². The minimum Gasteiger partial charge on any atom is -0.503 e. The zero-order chi connectivity index (χ0) is 19.0. The van der Waals surface area contributed by atoms with E-state index >= 15 is 0 Å². The second-order valence-corrected chi connectivity index (χ2v) is 6.99. The van der Waals surface area contributed by atoms with E-state index in [1.807, 2.05) is 25.1 Å². The highest BCUT2D eigenvalue weighted by Gasteiger charge is 2.34. The number of hydrogen-bond acceptors (Lipinski definition) is 3. The molecule has 0 saturated heterocycles. The van der Waals surface area contributed by atoms with Crippen molar-refractivity contribution in [3.8, 4) is 11.1 Å². The number of aryl methyl sites for hydroxylation is 1. The molecule has 2 aromatic carbocycles. The van der Waals surface area contributed by atoms with Crippen LogP contribution in [-0.2, 0) is 16.0 Å². The third kappa shape index (κ3) is 3.10. The van der Waals surface area contributed by atoms with E-state index in [1.54, 1.807) is 0 Å². The number of amides is 2. The van der Waals surface area contributed by atoms with Crippen molar-refractivity contribution in [2.45, 2.75) is 25.8 Å². The molecule has 0 aromatic heterocycles. The average Bonchev–Trinajstić information content (AvgIpc) is 3.23. The number of aliphatic hydroxyl groups excluding tert-OH is 1. The lowest BCUT2D eigenvalue weighted by atomic mass is 10.00. The number of carbonyl (C=O) groups excluding carboxylic acids is 2. The number of carbonyl (C=O) groups is 2. The topological polar surface area (TPSA) is 69.6 Å². The van der Waals surface area contributed by atoms with E-state index < -0.39 is 11.7 Å². The Kier molecular flexibility index (Phi) is 4.44. The number of hydrogen-bond donors (Lipinski definition) is 2. The van der Waals surface area contributed by atoms with E-state index in [1.165, 1.54) is 21.6 Å². The molecule has 2 amide bonds. The van der Waals surface area contributed by atoms with Crippen molar-refractivity contribution in [3.05, 3.63) is 71.0 Å². The van der Waals surface area contributed by atoms with Gasteiger partial charge >= 0.3 is 0 Å². The van der Waals surface area contributed by atoms with Crippen molar-refractivity contribution >= 4 is 11.8 Å². The molecule has 2 N–H and O–H groups in total. The van der Waals surface area contributed by atoms with Crippen molar-refractivity contribution in [2.75, 3.05) is 13.1 Å². The standard InChI is InChI=1S/C22H22N2O3/c1-2-24-13-18(20(25)22(24)27)21(26)23-19-11-9-16-12-15(8-10-17(16)19)14-6-4-3-5-7-14/h3-8,10,12,19,25H,2,9,11,13H2,1H3,(H,23,26). The summed E-state index contributed by atoms with van der Waals surface area (Å²) >= 11 is 0. The van der Waals surface area contributed by atoms with Crippen LogP contribution in [0.25, 0.3) is 11.1 Å². The van der Waals surface area contributed by atoms with Gasteiger partial charge in [-0.1, -0.05) is 48.5 Å². The number of likely N-dealkylation sites (N-methyl/N-ethyl adjacent to an activating group) is 1. The van der Waals surface area contributed by atoms with Crippen LogP contribution in [0.3, 0.4) is 0 Å². The van der Waals surface area contributed by atoms with Gasteiger partial charge in [0.1, 0.15) is 0 Å². The predicted octanol–water partition coefficient (Wildman–Crippen LogP) is 3.13. The van der Waals surface area contributed by atoms with E-state index in [-0.39, 0.29) is 24.1 Å². The molecule has 1 heterocycles. The first-order valence-electron chi connectivity index (χ1n) is 9.29. The Morgan fingerprint density at radius 2 is 1.96 bits per heavy atom. The fraction of sp³-hybridized carbons (Fsp3) is 0.273. The van der Waals surface area contributed by atoms with Gasteiger partial charge in [0.25, 0.3) is 11.8 Å². The van der Waals surface area contributed by atoms with Crippen molar-refractivity contribution < 1.29 is 14.7 Å². The largest absolute Gasteiger partial charge is 0.503 e. The number of rotatable bonds is 4. The van der Waals surface area contributed by atoms with E-state index in [4.69, 9.17) is 0 Å². The van der Waals surface area contributed by atoms with E-state index in [2.05, 4.69) is 35.6 Å². The lowest BCUT2D eigenvalue weighted by Crippen LogP contribution is -2.31. The minimum atomic E-state index is -0.470. The van der Waals surface area contributed by atoms with Crippen molar-refractivity contribution in [1.29, 1.82) is 0 Å². The number of aliphatic hydroxyl groups is 1. The highest BCUT2D eigenvalue weighted by molar-refractivity contribution is 6.07. The monoisotopic (exact) mass is 362 g/mol. The molecule has 0 radical (unpaired) electrons. The molecule has 0 bridgehead atoms. The lowest BCUT2D eigenvalue weighted by molar-refractivity contribution is -0.127. The maximum atomic E-state index is 12.6. The molecule has 5 heteroatoms. The first-order chi connectivity index (χ1) is 13.1. The normalized spacial score (nSPS) is 18.8. The number of nitrogens with one attached hydrogen (secondary N) is 1. The highest BCUT2D eigenvalue weighted by Crippen LogP contribution is 2.34. The van der Waals surface area contributed by atoms with Crippen LogP contribution in [0.5, 0.6) is 0 Å². The van der Waals surface area contributed by atoms with Crippen molar-refractivity contribution in [3.63, 3.8) is 0 Å². The minimum absolute atomic E-state index is 0.0941. The van der Waals surface area contributed by atoms with E-state index in [0.717, 1.165) is 18.4 Å². The Hall–Kier alpha value is -3.08. The third-order valence-electron chi connectivity index (χ3n) is 5.41. The zero-order valence-electron chi connectivity index (χ0n) is 15.2. The van der Waals surface area contributed by atoms with Gasteiger partial charge in [0.15, 0.2) is 5.76 Å². The van der Waals surface area contributed by atoms with Crippen LogP contribution in [0.2, 0.25) is 0 Å². The summed E-state index contributed by atoms with van der Waals surface area (Å²) in [5.74, 6) is -1.25. The summed E-state index contributed by atoms with van der Waals surface area (Å²) in [7, 11) is 0. The Balaban J connectivity index is 1.52. The first-order valence-corrected chi connectivity index (χ1v) is 9.29. The summed E-state index contributed by atoms with van der Waals surface area (Å²) in [6.45, 7) is 2.46. The molecular weight excluding hydrogens is 340 g/mol. The van der Waals surface area contributed by atoms with Gasteiger partial charge in [0.05, 0.1) is 18.2 Å². The fourth-order valence-electron chi connectivity index (χ4n) is 3.87. The van der Waals surface area contributed by atoms with Crippen LogP contribution in [-0.4, -0.2) is 34.9 Å². The van der Waals surface area contributed by atoms with Gasteiger partial charge in [-0.25, -0.2) is 0 Å². The predicted molar refractivity (Wildman–Crippen MR) is 103 cm³/mol. The molecule has 0 spiro atoms. The Bertz CT molecular complexity index is 934. The summed E-state index contributed by atoms with van der Waals surface area (Å²) in [5, 5.41) is 13.0. The Morgan fingerprint density at radius 1 is 1.19 bits per heavy atom. The molecule has 1 aliphatic carbocycles. The summed E-state index contributed by atoms with van der Waals surface area (Å²) in [6.07, 6.45) is 1.71. The number of benzene rings is 2. The SMILES string of the molecule is CCN1CC(C(=O)NC2CCc3cc(-c4ccccc4)ccc32)=C(O)C1=O. The lowest BCUT2D eigenvalue weighted by Gasteiger charge is -2.16. The maximum absolute atomic E-state index is 12.6.